The van der Waals surface area contributed by atoms with Gasteiger partial charge in [0.2, 0.25) is 0 Å². The van der Waals surface area contributed by atoms with Crippen LogP contribution in [0.4, 0.5) is 17.1 Å². The first-order chi connectivity index (χ1) is 13.3. The minimum absolute atomic E-state index is 0. The summed E-state index contributed by atoms with van der Waals surface area (Å²) in [6.07, 6.45) is 9.12. The van der Waals surface area contributed by atoms with Gasteiger partial charge >= 0.3 is 0 Å². The lowest BCUT2D eigenvalue weighted by atomic mass is 10.2. The van der Waals surface area contributed by atoms with E-state index < -0.39 is 0 Å². The topological polar surface area (TPSA) is 72.3 Å². The summed E-state index contributed by atoms with van der Waals surface area (Å²) in [4.78, 5) is 1.93. The molecule has 0 aliphatic rings. The van der Waals surface area contributed by atoms with E-state index >= 15 is 0 Å². The molecule has 2 aromatic rings. The Morgan fingerprint density at radius 3 is 1.93 bits per heavy atom. The van der Waals surface area contributed by atoms with E-state index in [4.69, 9.17) is 10.2 Å². The third-order valence-corrected chi connectivity index (χ3v) is 4.38. The molecule has 1 aromatic heterocycles. The van der Waals surface area contributed by atoms with Crippen LogP contribution in [0.15, 0.2) is 59.0 Å². The van der Waals surface area contributed by atoms with Crippen molar-refractivity contribution in [3.63, 3.8) is 0 Å². The molecule has 0 unspecified atom stereocenters. The second kappa shape index (κ2) is 14.2. The Kier molecular flexibility index (Phi) is 12.3. The molecule has 0 spiro atoms. The number of hydrogen-bond acceptors (Lipinski definition) is 5. The summed E-state index contributed by atoms with van der Waals surface area (Å²) in [6.45, 7) is 4.34. The van der Waals surface area contributed by atoms with E-state index in [1.165, 1.54) is 25.7 Å². The average Bonchev–Trinajstić information content (AvgIpc) is 2.71. The SMILES string of the molecule is CCCCCC[n+]1ccc(N=Nc2ccc(N(CCO)CCO)cc2)cc1.[Br-]. The van der Waals surface area contributed by atoms with Crippen LogP contribution in [-0.2, 0) is 6.54 Å². The molecule has 1 heterocycles. The van der Waals surface area contributed by atoms with Crippen LogP contribution in [0.3, 0.4) is 0 Å². The Morgan fingerprint density at radius 1 is 0.821 bits per heavy atom. The van der Waals surface area contributed by atoms with Gasteiger partial charge in [-0.05, 0) is 30.7 Å². The van der Waals surface area contributed by atoms with Crippen molar-refractivity contribution in [2.45, 2.75) is 39.2 Å². The molecule has 2 rings (SSSR count). The Morgan fingerprint density at radius 2 is 1.39 bits per heavy atom. The third kappa shape index (κ3) is 8.46. The molecule has 2 N–H and O–H groups in total. The molecule has 7 heteroatoms. The summed E-state index contributed by atoms with van der Waals surface area (Å²) < 4.78 is 2.18. The normalized spacial score (nSPS) is 10.8. The highest BCUT2D eigenvalue weighted by Gasteiger charge is 2.05. The van der Waals surface area contributed by atoms with Gasteiger partial charge in [0.15, 0.2) is 12.4 Å². The zero-order valence-corrected chi connectivity index (χ0v) is 18.1. The van der Waals surface area contributed by atoms with Gasteiger partial charge < -0.3 is 32.1 Å². The maximum atomic E-state index is 9.12. The molecule has 0 saturated heterocycles. The van der Waals surface area contributed by atoms with Gasteiger partial charge in [0.05, 0.1) is 24.6 Å². The molecule has 1 aromatic carbocycles. The maximum Gasteiger partial charge on any atom is 0.171 e. The third-order valence-electron chi connectivity index (χ3n) is 4.38. The molecule has 0 aliphatic carbocycles. The van der Waals surface area contributed by atoms with E-state index in [1.54, 1.807) is 0 Å². The van der Waals surface area contributed by atoms with Crippen molar-refractivity contribution < 1.29 is 31.8 Å². The van der Waals surface area contributed by atoms with Crippen molar-refractivity contribution in [1.29, 1.82) is 0 Å². The molecular weight excluding hydrogens is 420 g/mol. The zero-order valence-electron chi connectivity index (χ0n) is 16.5. The highest BCUT2D eigenvalue weighted by atomic mass is 79.9. The van der Waals surface area contributed by atoms with Crippen molar-refractivity contribution in [2.75, 3.05) is 31.2 Å². The zero-order chi connectivity index (χ0) is 19.3. The Labute approximate surface area is 178 Å². The fourth-order valence-electron chi connectivity index (χ4n) is 2.84. The molecular formula is C21H31BrN4O2. The van der Waals surface area contributed by atoms with Gasteiger partial charge in [-0.1, -0.05) is 19.8 Å². The van der Waals surface area contributed by atoms with Gasteiger partial charge in [0.25, 0.3) is 0 Å². The van der Waals surface area contributed by atoms with E-state index in [-0.39, 0.29) is 30.2 Å². The van der Waals surface area contributed by atoms with Crippen molar-refractivity contribution in [3.05, 3.63) is 48.8 Å². The highest BCUT2D eigenvalue weighted by molar-refractivity contribution is 5.52. The first kappa shape index (κ1) is 24.2. The number of benzene rings is 1. The van der Waals surface area contributed by atoms with Crippen LogP contribution in [0, 0.1) is 0 Å². The number of halogens is 1. The van der Waals surface area contributed by atoms with E-state index in [0.29, 0.717) is 13.1 Å². The number of rotatable bonds is 12. The fourth-order valence-corrected chi connectivity index (χ4v) is 2.84. The number of aliphatic hydroxyl groups is 2. The number of pyridine rings is 1. The van der Waals surface area contributed by atoms with E-state index in [1.807, 2.05) is 53.7 Å². The molecule has 0 amide bonds. The van der Waals surface area contributed by atoms with Crippen LogP contribution in [0.2, 0.25) is 0 Å². The monoisotopic (exact) mass is 450 g/mol. The number of anilines is 1. The Bertz CT molecular complexity index is 672. The Balaban J connectivity index is 0.00000392. The van der Waals surface area contributed by atoms with E-state index in [0.717, 1.165) is 23.6 Å². The van der Waals surface area contributed by atoms with Crippen LogP contribution in [0.1, 0.15) is 32.6 Å². The fraction of sp³-hybridized carbons (Fsp3) is 0.476. The van der Waals surface area contributed by atoms with Crippen molar-refractivity contribution in [1.82, 2.24) is 0 Å². The average molecular weight is 451 g/mol. The van der Waals surface area contributed by atoms with Gasteiger partial charge in [-0.2, -0.15) is 10.2 Å². The lowest BCUT2D eigenvalue weighted by Gasteiger charge is -2.22. The van der Waals surface area contributed by atoms with Gasteiger partial charge in [-0.25, -0.2) is 4.57 Å². The number of aromatic nitrogens is 1. The summed E-state index contributed by atoms with van der Waals surface area (Å²) in [5.41, 5.74) is 2.54. The van der Waals surface area contributed by atoms with Crippen LogP contribution in [0.25, 0.3) is 0 Å². The summed E-state index contributed by atoms with van der Waals surface area (Å²) in [5, 5.41) is 26.8. The van der Waals surface area contributed by atoms with E-state index in [2.05, 4.69) is 21.7 Å². The predicted octanol–water partition coefficient (Wildman–Crippen LogP) is 0.765. The highest BCUT2D eigenvalue weighted by Crippen LogP contribution is 2.21. The molecule has 0 aliphatic heterocycles. The van der Waals surface area contributed by atoms with Crippen LogP contribution >= 0.6 is 0 Å². The molecule has 0 atom stereocenters. The standard InChI is InChI=1S/C21H31N4O2.BrH/c1-2-3-4-5-12-24-13-10-20(11-14-24)23-22-19-6-8-21(9-7-19)25(15-17-26)16-18-27;/h6-11,13-14,26-27H,2-5,12,15-18H2,1H3;1H/q+1;/p-1. The maximum absolute atomic E-state index is 9.12. The van der Waals surface area contributed by atoms with Crippen LogP contribution in [0.5, 0.6) is 0 Å². The second-order valence-electron chi connectivity index (χ2n) is 6.51. The van der Waals surface area contributed by atoms with Gasteiger partial charge in [-0.3, -0.25) is 0 Å². The summed E-state index contributed by atoms with van der Waals surface area (Å²) >= 11 is 0. The van der Waals surface area contributed by atoms with Crippen molar-refractivity contribution in [2.24, 2.45) is 10.2 Å². The number of aryl methyl sites for hydroxylation is 1. The minimum atomic E-state index is 0. The lowest BCUT2D eigenvalue weighted by Crippen LogP contribution is -3.00. The first-order valence-corrected chi connectivity index (χ1v) is 9.74. The van der Waals surface area contributed by atoms with Gasteiger partial charge in [-0.15, -0.1) is 0 Å². The Hall–Kier alpha value is -1.83. The molecule has 0 fully saturated rings. The van der Waals surface area contributed by atoms with Crippen LogP contribution in [-0.4, -0.2) is 36.5 Å². The minimum Gasteiger partial charge on any atom is -1.00 e. The number of azo groups is 1. The largest absolute Gasteiger partial charge is 1.00 e. The van der Waals surface area contributed by atoms with E-state index in [9.17, 15) is 0 Å². The number of hydrogen-bond donors (Lipinski definition) is 2. The van der Waals surface area contributed by atoms with Gasteiger partial charge in [0, 0.05) is 37.3 Å². The van der Waals surface area contributed by atoms with Crippen molar-refractivity contribution >= 4 is 17.1 Å². The summed E-state index contributed by atoms with van der Waals surface area (Å²) in [6, 6.07) is 11.6. The second-order valence-corrected chi connectivity index (χ2v) is 6.51. The molecule has 154 valence electrons. The lowest BCUT2D eigenvalue weighted by molar-refractivity contribution is -0.697. The molecule has 6 nitrogen and oxygen atoms in total. The van der Waals surface area contributed by atoms with Crippen molar-refractivity contribution in [3.8, 4) is 0 Å². The van der Waals surface area contributed by atoms with Gasteiger partial charge in [0.1, 0.15) is 6.54 Å². The summed E-state index contributed by atoms with van der Waals surface area (Å²) in [7, 11) is 0. The predicted molar refractivity (Wildman–Crippen MR) is 108 cm³/mol. The smallest absolute Gasteiger partial charge is 0.171 e. The van der Waals surface area contributed by atoms with Crippen LogP contribution < -0.4 is 26.4 Å². The first-order valence-electron chi connectivity index (χ1n) is 9.74. The molecule has 0 radical (unpaired) electrons. The number of unbranched alkanes of at least 4 members (excludes halogenated alkanes) is 3. The molecule has 28 heavy (non-hydrogen) atoms. The summed E-state index contributed by atoms with van der Waals surface area (Å²) in [5.74, 6) is 0. The molecule has 0 saturated carbocycles. The molecule has 0 bridgehead atoms. The quantitative estimate of drug-likeness (QED) is 0.285. The number of aliphatic hydroxyl groups excluding tert-OH is 2. The number of nitrogens with zero attached hydrogens (tertiary/aromatic N) is 4.